The molecule has 0 spiro atoms. The third-order valence-electron chi connectivity index (χ3n) is 6.67. The van der Waals surface area contributed by atoms with Crippen molar-refractivity contribution in [1.82, 2.24) is 4.98 Å². The van der Waals surface area contributed by atoms with Crippen molar-refractivity contribution in [3.63, 3.8) is 0 Å². The number of carbonyl (C=O) groups is 1. The van der Waals surface area contributed by atoms with Crippen LogP contribution in [0.1, 0.15) is 56.8 Å². The fourth-order valence-corrected chi connectivity index (χ4v) is 4.91. The quantitative estimate of drug-likeness (QED) is 0.775. The van der Waals surface area contributed by atoms with E-state index in [1.165, 1.54) is 32.1 Å². The lowest BCUT2D eigenvalue weighted by Crippen LogP contribution is -2.48. The lowest BCUT2D eigenvalue weighted by Gasteiger charge is -2.43. The third-order valence-corrected chi connectivity index (χ3v) is 6.67. The van der Waals surface area contributed by atoms with Crippen molar-refractivity contribution in [2.75, 3.05) is 5.32 Å². The summed E-state index contributed by atoms with van der Waals surface area (Å²) in [7, 11) is 0. The summed E-state index contributed by atoms with van der Waals surface area (Å²) in [5, 5.41) is 3.10. The highest BCUT2D eigenvalue weighted by Crippen LogP contribution is 2.42. The fraction of sp³-hybridized carbons (Fsp3) is 0.545. The maximum absolute atomic E-state index is 12.8. The van der Waals surface area contributed by atoms with E-state index < -0.39 is 0 Å². The summed E-state index contributed by atoms with van der Waals surface area (Å²) in [6.07, 6.45) is 9.64. The first-order valence-corrected chi connectivity index (χ1v) is 10.3. The van der Waals surface area contributed by atoms with Crippen molar-refractivity contribution in [2.24, 2.45) is 23.5 Å². The normalized spacial score (nSPS) is 29.0. The molecule has 3 aliphatic rings. The number of rotatable bonds is 4. The molecular weight excluding hydrogens is 374 g/mol. The molecule has 1 amide bonds. The van der Waals surface area contributed by atoms with E-state index in [0.29, 0.717) is 23.8 Å². The van der Waals surface area contributed by atoms with Crippen LogP contribution < -0.4 is 11.1 Å². The van der Waals surface area contributed by atoms with Crippen molar-refractivity contribution in [3.05, 3.63) is 36.4 Å². The van der Waals surface area contributed by atoms with E-state index >= 15 is 0 Å². The molecule has 2 atom stereocenters. The Morgan fingerprint density at radius 2 is 1.75 bits per heavy atom. The van der Waals surface area contributed by atoms with E-state index in [1.54, 1.807) is 6.20 Å². The number of aromatic nitrogens is 1. The topological polar surface area (TPSA) is 81.2 Å². The fourth-order valence-electron chi connectivity index (χ4n) is 4.91. The molecule has 0 saturated heterocycles. The summed E-state index contributed by atoms with van der Waals surface area (Å²) in [5.74, 6) is 3.43. The van der Waals surface area contributed by atoms with Crippen LogP contribution in [0.25, 0.3) is 11.3 Å². The minimum Gasteiger partial charge on any atom is -0.440 e. The molecule has 5 rings (SSSR count). The van der Waals surface area contributed by atoms with Gasteiger partial charge in [0.2, 0.25) is 5.91 Å². The first-order chi connectivity index (χ1) is 13.2. The Bertz CT molecular complexity index is 817. The van der Waals surface area contributed by atoms with Gasteiger partial charge in [-0.05, 0) is 74.6 Å². The van der Waals surface area contributed by atoms with Gasteiger partial charge in [-0.15, -0.1) is 12.4 Å². The SMILES string of the molecule is Cl.NC1C2CCCC1CC(C(=O)Nc1ccc(-c3cnc(C4CC4)o3)cc1)C2. The molecule has 2 bridgehead atoms. The number of hydrogen-bond donors (Lipinski definition) is 2. The predicted molar refractivity (Wildman–Crippen MR) is 111 cm³/mol. The van der Waals surface area contributed by atoms with Crippen molar-refractivity contribution in [1.29, 1.82) is 0 Å². The Morgan fingerprint density at radius 3 is 2.39 bits per heavy atom. The third kappa shape index (κ3) is 3.83. The van der Waals surface area contributed by atoms with Gasteiger partial charge < -0.3 is 15.5 Å². The predicted octanol–water partition coefficient (Wildman–Crippen LogP) is 4.73. The summed E-state index contributed by atoms with van der Waals surface area (Å²) < 4.78 is 5.85. The van der Waals surface area contributed by atoms with Crippen LogP contribution >= 0.6 is 12.4 Å². The molecule has 2 aromatic rings. The maximum atomic E-state index is 12.8. The Balaban J connectivity index is 0.00000192. The molecule has 1 aromatic carbocycles. The Morgan fingerprint density at radius 1 is 1.07 bits per heavy atom. The van der Waals surface area contributed by atoms with Gasteiger partial charge in [0.1, 0.15) is 0 Å². The average Bonchev–Trinajstić information content (AvgIpc) is 3.39. The molecule has 3 saturated carbocycles. The Labute approximate surface area is 171 Å². The molecule has 3 N–H and O–H groups in total. The van der Waals surface area contributed by atoms with Gasteiger partial charge in [-0.1, -0.05) is 6.42 Å². The van der Waals surface area contributed by atoms with Crippen molar-refractivity contribution in [2.45, 2.75) is 56.9 Å². The van der Waals surface area contributed by atoms with E-state index in [-0.39, 0.29) is 24.2 Å². The summed E-state index contributed by atoms with van der Waals surface area (Å²) in [6.45, 7) is 0. The van der Waals surface area contributed by atoms with Gasteiger partial charge in [-0.25, -0.2) is 4.98 Å². The van der Waals surface area contributed by atoms with Crippen molar-refractivity contribution in [3.8, 4) is 11.3 Å². The number of anilines is 1. The van der Waals surface area contributed by atoms with Crippen LogP contribution in [0.5, 0.6) is 0 Å². The Hall–Kier alpha value is -1.85. The van der Waals surface area contributed by atoms with E-state index in [0.717, 1.165) is 35.7 Å². The second-order valence-corrected chi connectivity index (χ2v) is 8.60. The molecule has 1 heterocycles. The van der Waals surface area contributed by atoms with Crippen LogP contribution in [0.3, 0.4) is 0 Å². The summed E-state index contributed by atoms with van der Waals surface area (Å²) in [5.41, 5.74) is 8.18. The number of carbonyl (C=O) groups excluding carboxylic acids is 1. The number of fused-ring (bicyclic) bond motifs is 2. The van der Waals surface area contributed by atoms with Crippen molar-refractivity contribution < 1.29 is 9.21 Å². The number of oxazole rings is 1. The lowest BCUT2D eigenvalue weighted by molar-refractivity contribution is -0.122. The second kappa shape index (κ2) is 7.88. The lowest BCUT2D eigenvalue weighted by atomic mass is 9.65. The monoisotopic (exact) mass is 401 g/mol. The van der Waals surface area contributed by atoms with Crippen LogP contribution in [-0.4, -0.2) is 16.9 Å². The van der Waals surface area contributed by atoms with Crippen LogP contribution in [0, 0.1) is 17.8 Å². The van der Waals surface area contributed by atoms with Crippen LogP contribution in [-0.2, 0) is 4.79 Å². The maximum Gasteiger partial charge on any atom is 0.227 e. The molecule has 0 radical (unpaired) electrons. The first kappa shape index (κ1) is 19.5. The highest BCUT2D eigenvalue weighted by molar-refractivity contribution is 5.92. The largest absolute Gasteiger partial charge is 0.440 e. The molecular formula is C22H28ClN3O2. The second-order valence-electron chi connectivity index (χ2n) is 8.60. The van der Waals surface area contributed by atoms with E-state index in [1.807, 2.05) is 24.3 Å². The zero-order valence-corrected chi connectivity index (χ0v) is 16.8. The number of amides is 1. The van der Waals surface area contributed by atoms with Gasteiger partial charge in [0, 0.05) is 29.1 Å². The standard InChI is InChI=1S/C22H27N3O2.ClH/c23-20-15-2-1-3-16(20)11-17(10-15)21(26)25-18-8-6-13(7-9-18)19-12-24-22(27-19)14-4-5-14;/h6-9,12,14-17,20H,1-5,10-11,23H2,(H,25,26);1H. The van der Waals surface area contributed by atoms with E-state index in [2.05, 4.69) is 10.3 Å². The molecule has 5 nitrogen and oxygen atoms in total. The number of nitrogens with zero attached hydrogens (tertiary/aromatic N) is 1. The van der Waals surface area contributed by atoms with Crippen LogP contribution in [0.4, 0.5) is 5.69 Å². The molecule has 150 valence electrons. The molecule has 28 heavy (non-hydrogen) atoms. The molecule has 2 unspecified atom stereocenters. The molecule has 1 aromatic heterocycles. The van der Waals surface area contributed by atoms with Crippen LogP contribution in [0.15, 0.2) is 34.9 Å². The first-order valence-electron chi connectivity index (χ1n) is 10.3. The van der Waals surface area contributed by atoms with Gasteiger partial charge >= 0.3 is 0 Å². The highest BCUT2D eigenvalue weighted by Gasteiger charge is 2.40. The van der Waals surface area contributed by atoms with Gasteiger partial charge in [0.15, 0.2) is 11.7 Å². The number of nitrogens with one attached hydrogen (secondary N) is 1. The van der Waals surface area contributed by atoms with Gasteiger partial charge in [0.05, 0.1) is 6.20 Å². The van der Waals surface area contributed by atoms with Crippen LogP contribution in [0.2, 0.25) is 0 Å². The zero-order valence-electron chi connectivity index (χ0n) is 16.0. The van der Waals surface area contributed by atoms with Crippen molar-refractivity contribution >= 4 is 24.0 Å². The molecule has 6 heteroatoms. The number of halogens is 1. The number of hydrogen-bond acceptors (Lipinski definition) is 4. The molecule has 0 aliphatic heterocycles. The minimum absolute atomic E-state index is 0. The average molecular weight is 402 g/mol. The smallest absolute Gasteiger partial charge is 0.227 e. The summed E-state index contributed by atoms with van der Waals surface area (Å²) in [6, 6.07) is 8.16. The number of benzene rings is 1. The van der Waals surface area contributed by atoms with Gasteiger partial charge in [-0.3, -0.25) is 4.79 Å². The van der Waals surface area contributed by atoms with E-state index in [4.69, 9.17) is 10.2 Å². The summed E-state index contributed by atoms with van der Waals surface area (Å²) in [4.78, 5) is 17.1. The minimum atomic E-state index is 0. The highest BCUT2D eigenvalue weighted by atomic mass is 35.5. The molecule has 3 aliphatic carbocycles. The van der Waals surface area contributed by atoms with Gasteiger partial charge in [0.25, 0.3) is 0 Å². The van der Waals surface area contributed by atoms with E-state index in [9.17, 15) is 4.79 Å². The Kier molecular flexibility index (Phi) is 5.48. The zero-order chi connectivity index (χ0) is 18.4. The number of nitrogens with two attached hydrogens (primary N) is 1. The summed E-state index contributed by atoms with van der Waals surface area (Å²) >= 11 is 0. The van der Waals surface area contributed by atoms with Gasteiger partial charge in [-0.2, -0.15) is 0 Å². The molecule has 3 fully saturated rings.